The summed E-state index contributed by atoms with van der Waals surface area (Å²) in [6.07, 6.45) is 4.02. The van der Waals surface area contributed by atoms with E-state index in [1.807, 2.05) is 49.4 Å². The van der Waals surface area contributed by atoms with Gasteiger partial charge in [0.2, 0.25) is 5.17 Å². The number of fused-ring (bicyclic) bond motifs is 3. The number of hydrogen-bond acceptors (Lipinski definition) is 5. The summed E-state index contributed by atoms with van der Waals surface area (Å²) in [5.74, 6) is 0.451. The van der Waals surface area contributed by atoms with Crippen LogP contribution in [0.2, 0.25) is 0 Å². The summed E-state index contributed by atoms with van der Waals surface area (Å²) in [6, 6.07) is 21.1. The normalized spacial score (nSPS) is 19.1. The number of benzene rings is 3. The number of allylic oxidation sites excluding steroid dienone is 2. The first-order chi connectivity index (χ1) is 21.3. The highest BCUT2D eigenvalue weighted by Crippen LogP contribution is 2.50. The number of nitrogens with zero attached hydrogens (tertiary/aromatic N) is 5. The number of aromatic nitrogens is 3. The van der Waals surface area contributed by atoms with Crippen molar-refractivity contribution in [2.45, 2.75) is 58.3 Å². The molecule has 234 valence electrons. The van der Waals surface area contributed by atoms with Crippen LogP contribution in [-0.4, -0.2) is 36.6 Å². The van der Waals surface area contributed by atoms with Gasteiger partial charge in [-0.2, -0.15) is 0 Å². The fourth-order valence-electron chi connectivity index (χ4n) is 5.32. The summed E-state index contributed by atoms with van der Waals surface area (Å²) in [7, 11) is 0. The number of amidine groups is 1. The van der Waals surface area contributed by atoms with Gasteiger partial charge in [-0.15, -0.1) is 11.7 Å². The average molecular weight is 632 g/mol. The number of aryl methyl sites for hydroxylation is 1. The molecule has 0 spiro atoms. The van der Waals surface area contributed by atoms with Gasteiger partial charge in [0.15, 0.2) is 17.3 Å². The molecule has 2 aliphatic rings. The van der Waals surface area contributed by atoms with Crippen LogP contribution in [0.4, 0.5) is 18.9 Å². The fraction of sp³-hybridized carbons (Fsp3) is 0.286. The van der Waals surface area contributed by atoms with Crippen molar-refractivity contribution >= 4 is 22.6 Å². The van der Waals surface area contributed by atoms with Gasteiger partial charge in [-0.25, -0.2) is 22.8 Å². The molecule has 3 heterocycles. The third-order valence-electron chi connectivity index (χ3n) is 7.82. The molecule has 6 rings (SSSR count). The van der Waals surface area contributed by atoms with Crippen molar-refractivity contribution in [1.82, 2.24) is 14.8 Å². The molecule has 0 aliphatic carbocycles. The zero-order chi connectivity index (χ0) is 32.5. The Morgan fingerprint density at radius 1 is 1.13 bits per heavy atom. The number of oxime groups is 1. The second kappa shape index (κ2) is 12.6. The Morgan fingerprint density at radius 3 is 2.44 bits per heavy atom. The minimum atomic E-state index is -2.14. The Hall–Kier alpha value is -4.31. The summed E-state index contributed by atoms with van der Waals surface area (Å²) in [4.78, 5) is 5.90. The minimum absolute atomic E-state index is 0.223. The Bertz CT molecular complexity index is 1760. The molecule has 2 aliphatic heterocycles. The molecule has 1 N–H and O–H groups in total. The number of rotatable bonds is 6. The van der Waals surface area contributed by atoms with Crippen molar-refractivity contribution in [2.24, 2.45) is 5.16 Å². The summed E-state index contributed by atoms with van der Waals surface area (Å²) in [6.45, 7) is 12.2. The average Bonchev–Trinajstić information content (AvgIpc) is 3.68. The van der Waals surface area contributed by atoms with Gasteiger partial charge in [0.25, 0.3) is 0 Å². The Labute approximate surface area is 266 Å². The lowest BCUT2D eigenvalue weighted by atomic mass is 9.89. The minimum Gasteiger partial charge on any atom is -0.409 e. The van der Waals surface area contributed by atoms with Gasteiger partial charge in [0.1, 0.15) is 12.0 Å². The van der Waals surface area contributed by atoms with Crippen LogP contribution in [-0.2, 0) is 12.1 Å². The Balaban J connectivity index is 0.000000186. The van der Waals surface area contributed by atoms with Gasteiger partial charge >= 0.3 is 0 Å². The van der Waals surface area contributed by atoms with E-state index in [-0.39, 0.29) is 22.2 Å². The molecular weight excluding hydrogens is 595 g/mol. The van der Waals surface area contributed by atoms with E-state index in [1.165, 1.54) is 29.1 Å². The van der Waals surface area contributed by atoms with Crippen LogP contribution in [0, 0.1) is 6.92 Å². The van der Waals surface area contributed by atoms with Crippen LogP contribution in [0.25, 0.3) is 17.1 Å². The zero-order valence-electron chi connectivity index (χ0n) is 25.9. The maximum absolute atomic E-state index is 14.7. The first-order valence-corrected chi connectivity index (χ1v) is 15.6. The predicted molar refractivity (Wildman–Crippen MR) is 176 cm³/mol. The highest BCUT2D eigenvalue weighted by atomic mass is 32.2. The lowest BCUT2D eigenvalue weighted by Gasteiger charge is -2.34. The molecule has 0 radical (unpaired) electrons. The molecule has 1 fully saturated rings. The summed E-state index contributed by atoms with van der Waals surface area (Å²) >= 11 is 1.18. The van der Waals surface area contributed by atoms with Gasteiger partial charge < -0.3 is 5.21 Å². The smallest absolute Gasteiger partial charge is 0.211 e. The van der Waals surface area contributed by atoms with E-state index >= 15 is 0 Å². The van der Waals surface area contributed by atoms with Gasteiger partial charge in [-0.1, -0.05) is 78.4 Å². The van der Waals surface area contributed by atoms with E-state index < -0.39 is 17.2 Å². The van der Waals surface area contributed by atoms with Crippen LogP contribution in [0.1, 0.15) is 55.9 Å². The molecule has 10 heteroatoms. The van der Waals surface area contributed by atoms with Crippen LogP contribution < -0.4 is 4.90 Å². The van der Waals surface area contributed by atoms with Crippen molar-refractivity contribution in [3.63, 3.8) is 0 Å². The number of anilines is 1. The van der Waals surface area contributed by atoms with Crippen LogP contribution in [0.15, 0.2) is 102 Å². The van der Waals surface area contributed by atoms with Crippen molar-refractivity contribution in [2.75, 3.05) is 10.7 Å². The summed E-state index contributed by atoms with van der Waals surface area (Å²) < 4.78 is 44.5. The molecule has 2 atom stereocenters. The molecule has 0 saturated carbocycles. The Morgan fingerprint density at radius 2 is 1.82 bits per heavy atom. The monoisotopic (exact) mass is 631 g/mol. The van der Waals surface area contributed by atoms with E-state index in [4.69, 9.17) is 5.21 Å². The molecule has 3 aromatic carbocycles. The molecule has 0 bridgehead atoms. The first-order valence-electron chi connectivity index (χ1n) is 14.6. The number of alkyl halides is 2. The van der Waals surface area contributed by atoms with Crippen molar-refractivity contribution in [3.8, 4) is 17.1 Å². The standard InChI is InChI=1S/C22H24FN3.C13H12F2N2OS/c1-5-16(2)18-8-10-19(11-9-18)21-24-15-26(25-21)20-12-6-17(7-13-20)14-22(3,4)23;1-7-3-4-8-9(5-7)17-10(6-19-12(17)16-18)11(14)13(8,2)15/h5-13,15-16H,1,14H2,2-4H3;3-5,18H,6H2,1-2H3/b;16-12-. The largest absolute Gasteiger partial charge is 0.409 e. The molecule has 4 aromatic rings. The van der Waals surface area contributed by atoms with Crippen molar-refractivity contribution < 1.29 is 18.4 Å². The molecule has 1 saturated heterocycles. The molecular formula is C35H36F3N5OS. The summed E-state index contributed by atoms with van der Waals surface area (Å²) in [5.41, 5.74) is 2.66. The third-order valence-corrected chi connectivity index (χ3v) is 8.76. The second-order valence-corrected chi connectivity index (χ2v) is 13.0. The van der Waals surface area contributed by atoms with E-state index in [0.717, 1.165) is 22.4 Å². The lowest BCUT2D eigenvalue weighted by molar-refractivity contribution is 0.195. The van der Waals surface area contributed by atoms with Crippen LogP contribution in [0.5, 0.6) is 0 Å². The fourth-order valence-corrected chi connectivity index (χ4v) is 6.23. The quantitative estimate of drug-likeness (QED) is 0.131. The first kappa shape index (κ1) is 32.1. The van der Waals surface area contributed by atoms with E-state index in [2.05, 4.69) is 40.9 Å². The molecule has 2 unspecified atom stereocenters. The molecule has 1 aromatic heterocycles. The highest BCUT2D eigenvalue weighted by Gasteiger charge is 2.46. The summed E-state index contributed by atoms with van der Waals surface area (Å²) in [5, 5.41) is 17.0. The molecule has 45 heavy (non-hydrogen) atoms. The van der Waals surface area contributed by atoms with Gasteiger partial charge in [0.05, 0.1) is 17.1 Å². The molecule has 6 nitrogen and oxygen atoms in total. The zero-order valence-corrected chi connectivity index (χ0v) is 26.7. The van der Waals surface area contributed by atoms with Crippen molar-refractivity contribution in [1.29, 1.82) is 0 Å². The maximum Gasteiger partial charge on any atom is 0.211 e. The highest BCUT2D eigenvalue weighted by molar-refractivity contribution is 8.14. The van der Waals surface area contributed by atoms with Gasteiger partial charge in [-0.3, -0.25) is 4.90 Å². The third kappa shape index (κ3) is 6.71. The molecule has 0 amide bonds. The second-order valence-electron chi connectivity index (χ2n) is 12.0. The lowest BCUT2D eigenvalue weighted by Crippen LogP contribution is -2.34. The van der Waals surface area contributed by atoms with Gasteiger partial charge in [-0.05, 0) is 68.5 Å². The topological polar surface area (TPSA) is 66.5 Å². The van der Waals surface area contributed by atoms with Gasteiger partial charge in [0, 0.05) is 23.3 Å². The number of thioether (sulfide) groups is 1. The van der Waals surface area contributed by atoms with Crippen LogP contribution in [0.3, 0.4) is 0 Å². The maximum atomic E-state index is 14.7. The van der Waals surface area contributed by atoms with Crippen LogP contribution >= 0.6 is 11.8 Å². The number of hydrogen-bond donors (Lipinski definition) is 1. The van der Waals surface area contributed by atoms with E-state index in [0.29, 0.717) is 23.9 Å². The number of halogens is 3. The Kier molecular flexibility index (Phi) is 8.98. The predicted octanol–water partition coefficient (Wildman–Crippen LogP) is 9.19. The van der Waals surface area contributed by atoms with Crippen molar-refractivity contribution in [3.05, 3.63) is 119 Å². The van der Waals surface area contributed by atoms with E-state index in [1.54, 1.807) is 43.1 Å². The SMILES string of the molecule is C=CC(C)c1ccc(-c2ncn(-c3ccc(CC(C)(C)F)cc3)n2)cc1.Cc1ccc2c(c1)N1C(=C(F)C2(C)F)CS/C1=N\O. The van der Waals surface area contributed by atoms with E-state index in [9.17, 15) is 13.2 Å².